The first-order valence-electron chi connectivity index (χ1n) is 4.66. The summed E-state index contributed by atoms with van der Waals surface area (Å²) in [7, 11) is 0. The van der Waals surface area contributed by atoms with Crippen molar-refractivity contribution in [2.45, 2.75) is 25.9 Å². The van der Waals surface area contributed by atoms with E-state index < -0.39 is 0 Å². The average Bonchev–Trinajstić information content (AvgIpc) is 2.67. The van der Waals surface area contributed by atoms with Gasteiger partial charge in [-0.2, -0.15) is 0 Å². The van der Waals surface area contributed by atoms with Crippen molar-refractivity contribution in [1.29, 1.82) is 0 Å². The molecule has 2 nitrogen and oxygen atoms in total. The number of benzene rings is 1. The highest BCUT2D eigenvalue weighted by molar-refractivity contribution is 5.85. The summed E-state index contributed by atoms with van der Waals surface area (Å²) in [6.45, 7) is 2.11. The lowest BCUT2D eigenvalue weighted by atomic mass is 10.0. The molecule has 0 aromatic heterocycles. The number of hydrogen-bond donors (Lipinski definition) is 0. The third-order valence-corrected chi connectivity index (χ3v) is 2.31. The van der Waals surface area contributed by atoms with Crippen LogP contribution >= 0.6 is 0 Å². The predicted molar refractivity (Wildman–Crippen MR) is 52.6 cm³/mol. The molecule has 0 fully saturated rings. The fraction of sp³-hybridized carbons (Fsp3) is 0.364. The van der Waals surface area contributed by atoms with Crippen LogP contribution < -0.4 is 0 Å². The maximum Gasteiger partial charge on any atom is 0.157 e. The van der Waals surface area contributed by atoms with Gasteiger partial charge in [0, 0.05) is 6.42 Å². The first kappa shape index (κ1) is 8.30. The Bertz CT molecular complexity index is 305. The summed E-state index contributed by atoms with van der Waals surface area (Å²) < 4.78 is 0. The molecule has 1 aromatic carbocycles. The summed E-state index contributed by atoms with van der Waals surface area (Å²) in [6.07, 6.45) is 2.08. The Morgan fingerprint density at radius 3 is 2.77 bits per heavy atom. The lowest BCUT2D eigenvalue weighted by Crippen LogP contribution is -1.98. The Kier molecular flexibility index (Phi) is 2.30. The number of oxime groups is 1. The van der Waals surface area contributed by atoms with E-state index in [0.717, 1.165) is 18.6 Å². The van der Waals surface area contributed by atoms with Crippen molar-refractivity contribution in [2.75, 3.05) is 0 Å². The van der Waals surface area contributed by atoms with Crippen LogP contribution in [0.1, 0.15) is 31.4 Å². The van der Waals surface area contributed by atoms with Crippen LogP contribution in [0.5, 0.6) is 0 Å². The predicted octanol–water partition coefficient (Wildman–Crippen LogP) is 2.91. The van der Waals surface area contributed by atoms with Gasteiger partial charge in [-0.05, 0) is 12.0 Å². The fourth-order valence-corrected chi connectivity index (χ4v) is 1.48. The lowest BCUT2D eigenvalue weighted by Gasteiger charge is -2.06. The van der Waals surface area contributed by atoms with Gasteiger partial charge in [-0.3, -0.25) is 0 Å². The quantitative estimate of drug-likeness (QED) is 0.677. The zero-order valence-electron chi connectivity index (χ0n) is 7.73. The number of rotatable bonds is 2. The monoisotopic (exact) mass is 175 g/mol. The summed E-state index contributed by atoms with van der Waals surface area (Å²) in [4.78, 5) is 5.33. The van der Waals surface area contributed by atoms with E-state index in [4.69, 9.17) is 4.84 Å². The minimum Gasteiger partial charge on any atom is -0.387 e. The standard InChI is InChI=1S/C11H13NO/c1-2-10-8-11(13-12-10)9-6-4-3-5-7-9/h3-7,11H,2,8H2,1H3. The zero-order chi connectivity index (χ0) is 9.10. The van der Waals surface area contributed by atoms with Crippen LogP contribution in [0.2, 0.25) is 0 Å². The molecular formula is C11H13NO. The van der Waals surface area contributed by atoms with E-state index in [1.54, 1.807) is 0 Å². The van der Waals surface area contributed by atoms with Crippen LogP contribution in [0.3, 0.4) is 0 Å². The van der Waals surface area contributed by atoms with Gasteiger partial charge in [0.15, 0.2) is 6.10 Å². The van der Waals surface area contributed by atoms with Gasteiger partial charge in [-0.1, -0.05) is 42.4 Å². The molecule has 1 atom stereocenters. The van der Waals surface area contributed by atoms with E-state index in [2.05, 4.69) is 24.2 Å². The van der Waals surface area contributed by atoms with Gasteiger partial charge in [-0.15, -0.1) is 0 Å². The molecular weight excluding hydrogens is 162 g/mol. The van der Waals surface area contributed by atoms with Crippen LogP contribution in [0.15, 0.2) is 35.5 Å². The third-order valence-electron chi connectivity index (χ3n) is 2.31. The van der Waals surface area contributed by atoms with Crippen molar-refractivity contribution in [3.8, 4) is 0 Å². The molecule has 1 aliphatic heterocycles. The fourth-order valence-electron chi connectivity index (χ4n) is 1.48. The van der Waals surface area contributed by atoms with Crippen molar-refractivity contribution < 1.29 is 4.84 Å². The second-order valence-electron chi connectivity index (χ2n) is 3.22. The molecule has 1 aromatic rings. The molecule has 13 heavy (non-hydrogen) atoms. The van der Waals surface area contributed by atoms with E-state index in [1.807, 2.05) is 18.2 Å². The molecule has 1 heterocycles. The number of hydrogen-bond acceptors (Lipinski definition) is 2. The van der Waals surface area contributed by atoms with Crippen LogP contribution in [-0.4, -0.2) is 5.71 Å². The molecule has 68 valence electrons. The summed E-state index contributed by atoms with van der Waals surface area (Å²) in [5.74, 6) is 0. The maximum atomic E-state index is 5.33. The Morgan fingerprint density at radius 1 is 1.38 bits per heavy atom. The Labute approximate surface area is 78.2 Å². The summed E-state index contributed by atoms with van der Waals surface area (Å²) in [6, 6.07) is 10.2. The second kappa shape index (κ2) is 3.60. The molecule has 0 N–H and O–H groups in total. The SMILES string of the molecule is CCC1=NOC(c2ccccc2)C1. The summed E-state index contributed by atoms with van der Waals surface area (Å²) in [5.41, 5.74) is 2.38. The van der Waals surface area contributed by atoms with Crippen molar-refractivity contribution in [2.24, 2.45) is 5.16 Å². The normalized spacial score (nSPS) is 21.0. The third kappa shape index (κ3) is 1.72. The van der Waals surface area contributed by atoms with E-state index >= 15 is 0 Å². The van der Waals surface area contributed by atoms with Crippen LogP contribution in [0, 0.1) is 0 Å². The van der Waals surface area contributed by atoms with Gasteiger partial charge >= 0.3 is 0 Å². The maximum absolute atomic E-state index is 5.33. The Hall–Kier alpha value is -1.31. The van der Waals surface area contributed by atoms with E-state index in [1.165, 1.54) is 5.56 Å². The Balaban J connectivity index is 2.07. The van der Waals surface area contributed by atoms with Crippen molar-refractivity contribution >= 4 is 5.71 Å². The summed E-state index contributed by atoms with van der Waals surface area (Å²) >= 11 is 0. The van der Waals surface area contributed by atoms with Gasteiger partial charge < -0.3 is 4.84 Å². The molecule has 0 aliphatic carbocycles. The highest BCUT2D eigenvalue weighted by Gasteiger charge is 2.20. The molecule has 1 aliphatic rings. The van der Waals surface area contributed by atoms with Crippen LogP contribution in [0.4, 0.5) is 0 Å². The van der Waals surface area contributed by atoms with E-state index in [0.29, 0.717) is 0 Å². The molecule has 0 spiro atoms. The molecule has 0 amide bonds. The lowest BCUT2D eigenvalue weighted by molar-refractivity contribution is 0.0857. The smallest absolute Gasteiger partial charge is 0.157 e. The topological polar surface area (TPSA) is 21.6 Å². The highest BCUT2D eigenvalue weighted by atomic mass is 16.6. The van der Waals surface area contributed by atoms with Gasteiger partial charge in [-0.25, -0.2) is 0 Å². The van der Waals surface area contributed by atoms with Crippen LogP contribution in [0.25, 0.3) is 0 Å². The van der Waals surface area contributed by atoms with Gasteiger partial charge in [0.2, 0.25) is 0 Å². The first-order chi connectivity index (χ1) is 6.40. The molecule has 1 unspecified atom stereocenters. The minimum atomic E-state index is 0.149. The van der Waals surface area contributed by atoms with Gasteiger partial charge in [0.25, 0.3) is 0 Å². The molecule has 0 saturated heterocycles. The summed E-state index contributed by atoms with van der Waals surface area (Å²) in [5, 5.41) is 4.03. The van der Waals surface area contributed by atoms with Crippen molar-refractivity contribution in [3.05, 3.63) is 35.9 Å². The van der Waals surface area contributed by atoms with E-state index in [9.17, 15) is 0 Å². The van der Waals surface area contributed by atoms with Gasteiger partial charge in [0.1, 0.15) is 0 Å². The van der Waals surface area contributed by atoms with E-state index in [-0.39, 0.29) is 6.10 Å². The molecule has 2 rings (SSSR count). The molecule has 2 heteroatoms. The molecule has 0 saturated carbocycles. The first-order valence-corrected chi connectivity index (χ1v) is 4.66. The number of nitrogens with zero attached hydrogens (tertiary/aromatic N) is 1. The molecule has 0 radical (unpaired) electrons. The van der Waals surface area contributed by atoms with Crippen molar-refractivity contribution in [1.82, 2.24) is 0 Å². The molecule has 0 bridgehead atoms. The highest BCUT2D eigenvalue weighted by Crippen LogP contribution is 2.27. The minimum absolute atomic E-state index is 0.149. The second-order valence-corrected chi connectivity index (χ2v) is 3.22. The largest absolute Gasteiger partial charge is 0.387 e. The average molecular weight is 175 g/mol. The van der Waals surface area contributed by atoms with Crippen LogP contribution in [-0.2, 0) is 4.84 Å². The van der Waals surface area contributed by atoms with Crippen molar-refractivity contribution in [3.63, 3.8) is 0 Å². The Morgan fingerprint density at radius 2 is 2.15 bits per heavy atom. The zero-order valence-corrected chi connectivity index (χ0v) is 7.73. The van der Waals surface area contributed by atoms with Gasteiger partial charge in [0.05, 0.1) is 5.71 Å².